The van der Waals surface area contributed by atoms with Crippen LogP contribution >= 0.6 is 0 Å². The molecule has 2 aromatic carbocycles. The molecule has 84 valence electrons. The summed E-state index contributed by atoms with van der Waals surface area (Å²) in [6, 6.07) is 13.1. The molecule has 0 aliphatic carbocycles. The van der Waals surface area contributed by atoms with E-state index in [1.54, 1.807) is 7.05 Å². The van der Waals surface area contributed by atoms with Gasteiger partial charge in [-0.25, -0.2) is 0 Å². The molecule has 0 saturated heterocycles. The van der Waals surface area contributed by atoms with Crippen molar-refractivity contribution in [3.05, 3.63) is 52.7 Å². The highest BCUT2D eigenvalue weighted by Gasteiger charge is 2.07. The Labute approximate surface area is 97.7 Å². The van der Waals surface area contributed by atoms with E-state index >= 15 is 0 Å². The quantitative estimate of drug-likeness (QED) is 0.647. The maximum atomic E-state index is 12.1. The van der Waals surface area contributed by atoms with E-state index in [9.17, 15) is 4.79 Å². The van der Waals surface area contributed by atoms with E-state index < -0.39 is 0 Å². The minimum Gasteiger partial charge on any atom is -0.440 e. The van der Waals surface area contributed by atoms with Crippen LogP contribution in [0.5, 0.6) is 0 Å². The second-order valence-corrected chi connectivity index (χ2v) is 3.88. The van der Waals surface area contributed by atoms with Gasteiger partial charge >= 0.3 is 0 Å². The molecule has 3 rings (SSSR count). The summed E-state index contributed by atoms with van der Waals surface area (Å²) in [6.45, 7) is 0. The molecule has 0 saturated carbocycles. The molecule has 0 amide bonds. The van der Waals surface area contributed by atoms with Crippen LogP contribution in [0.4, 0.5) is 5.88 Å². The van der Waals surface area contributed by atoms with Crippen molar-refractivity contribution >= 4 is 27.6 Å². The van der Waals surface area contributed by atoms with Crippen molar-refractivity contribution in [2.45, 2.75) is 0 Å². The Morgan fingerprint density at radius 3 is 2.76 bits per heavy atom. The number of rotatable bonds is 1. The van der Waals surface area contributed by atoms with Gasteiger partial charge in [-0.15, -0.1) is 0 Å². The number of fused-ring (bicyclic) bond motifs is 3. The number of anilines is 1. The molecule has 3 aromatic rings. The minimum absolute atomic E-state index is 0.0209. The molecule has 0 spiro atoms. The highest BCUT2D eigenvalue weighted by Crippen LogP contribution is 2.24. The van der Waals surface area contributed by atoms with Crippen LogP contribution in [-0.2, 0) is 0 Å². The lowest BCUT2D eigenvalue weighted by atomic mass is 10.1. The van der Waals surface area contributed by atoms with Gasteiger partial charge in [0.15, 0.2) is 11.3 Å². The number of benzene rings is 2. The van der Waals surface area contributed by atoms with E-state index in [-0.39, 0.29) is 5.43 Å². The van der Waals surface area contributed by atoms with Crippen LogP contribution < -0.4 is 10.7 Å². The molecule has 3 nitrogen and oxygen atoms in total. The maximum absolute atomic E-state index is 12.1. The zero-order valence-corrected chi connectivity index (χ0v) is 9.36. The first kappa shape index (κ1) is 9.90. The van der Waals surface area contributed by atoms with Gasteiger partial charge in [-0.3, -0.25) is 4.79 Å². The van der Waals surface area contributed by atoms with Gasteiger partial charge in [0.05, 0.1) is 5.39 Å². The number of nitrogens with one attached hydrogen (secondary N) is 1. The predicted octanol–water partition coefficient (Wildman–Crippen LogP) is 2.99. The monoisotopic (exact) mass is 225 g/mol. The minimum atomic E-state index is -0.0209. The Morgan fingerprint density at radius 2 is 1.94 bits per heavy atom. The second-order valence-electron chi connectivity index (χ2n) is 3.88. The first-order chi connectivity index (χ1) is 8.29. The van der Waals surface area contributed by atoms with Crippen molar-refractivity contribution in [2.24, 2.45) is 0 Å². The summed E-state index contributed by atoms with van der Waals surface area (Å²) in [4.78, 5) is 12.1. The van der Waals surface area contributed by atoms with Gasteiger partial charge in [-0.1, -0.05) is 30.3 Å². The van der Waals surface area contributed by atoms with Crippen LogP contribution in [0, 0.1) is 0 Å². The van der Waals surface area contributed by atoms with Crippen molar-refractivity contribution in [1.29, 1.82) is 0 Å². The second kappa shape index (κ2) is 3.63. The van der Waals surface area contributed by atoms with Crippen LogP contribution in [0.15, 0.2) is 51.7 Å². The van der Waals surface area contributed by atoms with Crippen LogP contribution in [0.25, 0.3) is 21.7 Å². The fourth-order valence-electron chi connectivity index (χ4n) is 2.05. The third kappa shape index (κ3) is 1.47. The van der Waals surface area contributed by atoms with Crippen LogP contribution in [0.2, 0.25) is 0 Å². The Balaban J connectivity index is 2.55. The molecule has 1 aromatic heterocycles. The van der Waals surface area contributed by atoms with Crippen molar-refractivity contribution in [3.63, 3.8) is 0 Å². The highest BCUT2D eigenvalue weighted by molar-refractivity contribution is 6.05. The Kier molecular flexibility index (Phi) is 2.11. The third-order valence-electron chi connectivity index (χ3n) is 2.87. The van der Waals surface area contributed by atoms with E-state index in [1.807, 2.05) is 36.4 Å². The lowest BCUT2D eigenvalue weighted by Gasteiger charge is -2.04. The number of hydrogen-bond acceptors (Lipinski definition) is 3. The first-order valence-corrected chi connectivity index (χ1v) is 5.43. The fraction of sp³-hybridized carbons (Fsp3) is 0.0714. The molecule has 0 radical (unpaired) electrons. The average molecular weight is 225 g/mol. The van der Waals surface area contributed by atoms with Gasteiger partial charge in [0.1, 0.15) is 5.58 Å². The van der Waals surface area contributed by atoms with E-state index in [0.29, 0.717) is 16.9 Å². The Morgan fingerprint density at radius 1 is 1.12 bits per heavy atom. The number of hydrogen-bond donors (Lipinski definition) is 1. The smallest absolute Gasteiger partial charge is 0.197 e. The largest absolute Gasteiger partial charge is 0.440 e. The summed E-state index contributed by atoms with van der Waals surface area (Å²) in [5, 5.41) is 5.46. The molecule has 17 heavy (non-hydrogen) atoms. The zero-order valence-electron chi connectivity index (χ0n) is 9.36. The molecular weight excluding hydrogens is 214 g/mol. The lowest BCUT2D eigenvalue weighted by molar-refractivity contribution is 0.620. The average Bonchev–Trinajstić information content (AvgIpc) is 2.37. The van der Waals surface area contributed by atoms with Gasteiger partial charge in [0, 0.05) is 13.1 Å². The van der Waals surface area contributed by atoms with E-state index in [0.717, 1.165) is 10.8 Å². The van der Waals surface area contributed by atoms with E-state index in [1.165, 1.54) is 6.07 Å². The molecular formula is C14H11NO2. The molecule has 0 atom stereocenters. The van der Waals surface area contributed by atoms with E-state index in [4.69, 9.17) is 4.42 Å². The molecule has 1 heterocycles. The molecule has 3 heteroatoms. The molecule has 0 aliphatic heterocycles. The SMILES string of the molecule is CNc1cc(=O)c2c(ccc3ccccc32)o1. The van der Waals surface area contributed by atoms with Gasteiger partial charge in [0.25, 0.3) is 0 Å². The van der Waals surface area contributed by atoms with Gasteiger partial charge < -0.3 is 9.73 Å². The van der Waals surface area contributed by atoms with Crippen LogP contribution in [0.3, 0.4) is 0 Å². The van der Waals surface area contributed by atoms with Crippen molar-refractivity contribution in [2.75, 3.05) is 12.4 Å². The van der Waals surface area contributed by atoms with Crippen molar-refractivity contribution < 1.29 is 4.42 Å². The Bertz CT molecular complexity index is 759. The summed E-state index contributed by atoms with van der Waals surface area (Å²) in [6.07, 6.45) is 0. The summed E-state index contributed by atoms with van der Waals surface area (Å²) in [7, 11) is 1.73. The third-order valence-corrected chi connectivity index (χ3v) is 2.87. The predicted molar refractivity (Wildman–Crippen MR) is 69.5 cm³/mol. The van der Waals surface area contributed by atoms with Gasteiger partial charge in [-0.2, -0.15) is 0 Å². The molecule has 1 N–H and O–H groups in total. The van der Waals surface area contributed by atoms with Gasteiger partial charge in [0.2, 0.25) is 0 Å². The highest BCUT2D eigenvalue weighted by atomic mass is 16.3. The van der Waals surface area contributed by atoms with Crippen LogP contribution in [-0.4, -0.2) is 7.05 Å². The molecule has 0 unspecified atom stereocenters. The fourth-order valence-corrected chi connectivity index (χ4v) is 2.05. The first-order valence-electron chi connectivity index (χ1n) is 5.43. The standard InChI is InChI=1S/C14H11NO2/c1-15-13-8-11(16)14-10-5-3-2-4-9(10)6-7-12(14)17-13/h2-8,15H,1H3. The maximum Gasteiger partial charge on any atom is 0.197 e. The van der Waals surface area contributed by atoms with Crippen molar-refractivity contribution in [3.8, 4) is 0 Å². The zero-order chi connectivity index (χ0) is 11.8. The summed E-state index contributed by atoms with van der Waals surface area (Å²) in [5.74, 6) is 0.484. The summed E-state index contributed by atoms with van der Waals surface area (Å²) in [5.41, 5.74) is 0.591. The van der Waals surface area contributed by atoms with E-state index in [2.05, 4.69) is 5.32 Å². The molecule has 0 bridgehead atoms. The van der Waals surface area contributed by atoms with Crippen molar-refractivity contribution in [1.82, 2.24) is 0 Å². The summed E-state index contributed by atoms with van der Waals surface area (Å²) >= 11 is 0. The normalized spacial score (nSPS) is 10.9. The lowest BCUT2D eigenvalue weighted by Crippen LogP contribution is -2.02. The topological polar surface area (TPSA) is 42.2 Å². The molecule has 0 fully saturated rings. The Hall–Kier alpha value is -2.29. The summed E-state index contributed by atoms with van der Waals surface area (Å²) < 4.78 is 5.59. The molecule has 0 aliphatic rings. The van der Waals surface area contributed by atoms with Crippen LogP contribution in [0.1, 0.15) is 0 Å². The van der Waals surface area contributed by atoms with Gasteiger partial charge in [-0.05, 0) is 16.8 Å².